The highest BCUT2D eigenvalue weighted by Crippen LogP contribution is 2.36. The average Bonchev–Trinajstić information content (AvgIpc) is 3.34. The third kappa shape index (κ3) is 4.41. The number of anilines is 1. The topological polar surface area (TPSA) is 81.0 Å². The fourth-order valence-electron chi connectivity index (χ4n) is 4.91. The third-order valence-corrected chi connectivity index (χ3v) is 7.94. The van der Waals surface area contributed by atoms with Crippen LogP contribution in [0.3, 0.4) is 0 Å². The van der Waals surface area contributed by atoms with Crippen molar-refractivity contribution in [3.05, 3.63) is 95.6 Å². The molecule has 3 heterocycles. The van der Waals surface area contributed by atoms with Crippen molar-refractivity contribution in [1.29, 1.82) is 0 Å². The SMILES string of the molecule is CCCCN1C(=O)/C(=c2/sc3n(c2=O)[C@H](c2ccc(Cl)cc2)C(C(=O)OC(C)C)=C(C)N=3)c2ccccc21. The zero-order valence-corrected chi connectivity index (χ0v) is 23.2. The number of carbonyl (C=O) groups excluding carboxylic acids is 2. The molecule has 2 aliphatic heterocycles. The molecule has 3 aromatic rings. The van der Waals surface area contributed by atoms with Crippen LogP contribution in [0.4, 0.5) is 5.69 Å². The maximum Gasteiger partial charge on any atom is 0.338 e. The largest absolute Gasteiger partial charge is 0.459 e. The van der Waals surface area contributed by atoms with E-state index in [1.807, 2.05) is 24.3 Å². The second-order valence-electron chi connectivity index (χ2n) is 9.61. The number of esters is 1. The molecule has 7 nitrogen and oxygen atoms in total. The number of allylic oxidation sites excluding steroid dienone is 1. The summed E-state index contributed by atoms with van der Waals surface area (Å²) in [5.41, 5.74) is 2.99. The van der Waals surface area contributed by atoms with E-state index in [4.69, 9.17) is 16.3 Å². The molecule has 38 heavy (non-hydrogen) atoms. The first-order valence-corrected chi connectivity index (χ1v) is 13.8. The number of halogens is 1. The number of unbranched alkanes of at least 4 members (excludes halogenated alkanes) is 1. The smallest absolute Gasteiger partial charge is 0.338 e. The van der Waals surface area contributed by atoms with Crippen LogP contribution in [0.5, 0.6) is 0 Å². The fraction of sp³-hybridized carbons (Fsp3) is 0.310. The maximum absolute atomic E-state index is 14.1. The van der Waals surface area contributed by atoms with E-state index in [1.165, 1.54) is 15.9 Å². The molecule has 0 radical (unpaired) electrons. The lowest BCUT2D eigenvalue weighted by molar-refractivity contribution is -0.143. The lowest BCUT2D eigenvalue weighted by Crippen LogP contribution is -2.41. The number of ether oxygens (including phenoxy) is 1. The van der Waals surface area contributed by atoms with Crippen LogP contribution in [0, 0.1) is 0 Å². The van der Waals surface area contributed by atoms with Crippen molar-refractivity contribution in [2.24, 2.45) is 4.99 Å². The van der Waals surface area contributed by atoms with Crippen LogP contribution in [0.2, 0.25) is 5.02 Å². The lowest BCUT2D eigenvalue weighted by Gasteiger charge is -2.25. The number of thiazole rings is 1. The van der Waals surface area contributed by atoms with E-state index in [9.17, 15) is 14.4 Å². The Morgan fingerprint density at radius 3 is 2.53 bits per heavy atom. The summed E-state index contributed by atoms with van der Waals surface area (Å²) >= 11 is 7.32. The summed E-state index contributed by atoms with van der Waals surface area (Å²) < 4.78 is 7.37. The zero-order chi connectivity index (χ0) is 27.1. The van der Waals surface area contributed by atoms with Crippen molar-refractivity contribution < 1.29 is 14.3 Å². The molecule has 1 amide bonds. The van der Waals surface area contributed by atoms with Gasteiger partial charge in [0.05, 0.1) is 34.7 Å². The molecule has 2 aliphatic rings. The zero-order valence-electron chi connectivity index (χ0n) is 21.7. The van der Waals surface area contributed by atoms with Gasteiger partial charge < -0.3 is 9.64 Å². The van der Waals surface area contributed by atoms with Crippen LogP contribution >= 0.6 is 22.9 Å². The predicted molar refractivity (Wildman–Crippen MR) is 149 cm³/mol. The van der Waals surface area contributed by atoms with E-state index in [2.05, 4.69) is 11.9 Å². The number of benzene rings is 2. The van der Waals surface area contributed by atoms with Gasteiger partial charge in [0.15, 0.2) is 4.80 Å². The van der Waals surface area contributed by atoms with Gasteiger partial charge in [0, 0.05) is 17.1 Å². The molecule has 0 spiro atoms. The minimum Gasteiger partial charge on any atom is -0.459 e. The van der Waals surface area contributed by atoms with E-state index < -0.39 is 12.0 Å². The van der Waals surface area contributed by atoms with Crippen LogP contribution in [-0.4, -0.2) is 29.1 Å². The van der Waals surface area contributed by atoms with Crippen molar-refractivity contribution >= 4 is 46.1 Å². The van der Waals surface area contributed by atoms with Gasteiger partial charge in [-0.3, -0.25) is 14.2 Å². The number of hydrogen-bond acceptors (Lipinski definition) is 6. The first-order chi connectivity index (χ1) is 18.2. The molecule has 2 aromatic carbocycles. The Labute approximate surface area is 229 Å². The molecule has 1 aromatic heterocycles. The molecule has 0 bridgehead atoms. The average molecular weight is 550 g/mol. The first-order valence-electron chi connectivity index (χ1n) is 12.7. The van der Waals surface area contributed by atoms with Gasteiger partial charge in [0.25, 0.3) is 11.5 Å². The number of fused-ring (bicyclic) bond motifs is 2. The number of rotatable bonds is 6. The second-order valence-corrected chi connectivity index (χ2v) is 11.0. The van der Waals surface area contributed by atoms with Gasteiger partial charge >= 0.3 is 5.97 Å². The lowest BCUT2D eigenvalue weighted by atomic mass is 9.96. The Hall–Kier alpha value is -3.49. The summed E-state index contributed by atoms with van der Waals surface area (Å²) in [5.74, 6) is -0.727. The first kappa shape index (κ1) is 26.1. The van der Waals surface area contributed by atoms with Crippen LogP contribution in [-0.2, 0) is 14.3 Å². The summed E-state index contributed by atoms with van der Waals surface area (Å²) in [5, 5.41) is 0.538. The van der Waals surface area contributed by atoms with E-state index >= 15 is 0 Å². The molecule has 1 atom stereocenters. The Balaban J connectivity index is 1.77. The number of nitrogens with zero attached hydrogens (tertiary/aromatic N) is 3. The van der Waals surface area contributed by atoms with Gasteiger partial charge in [0.1, 0.15) is 4.53 Å². The summed E-state index contributed by atoms with van der Waals surface area (Å²) in [7, 11) is 0. The Morgan fingerprint density at radius 2 is 1.84 bits per heavy atom. The molecule has 0 saturated carbocycles. The van der Waals surface area contributed by atoms with Crippen molar-refractivity contribution in [2.75, 3.05) is 11.4 Å². The molecule has 0 aliphatic carbocycles. The van der Waals surface area contributed by atoms with Gasteiger partial charge in [-0.2, -0.15) is 0 Å². The molecule has 0 saturated heterocycles. The quantitative estimate of drug-likeness (QED) is 0.428. The number of para-hydroxylation sites is 1. The van der Waals surface area contributed by atoms with Gasteiger partial charge in [-0.25, -0.2) is 9.79 Å². The fourth-order valence-corrected chi connectivity index (χ4v) is 6.17. The maximum atomic E-state index is 14.1. The molecule has 9 heteroatoms. The van der Waals surface area contributed by atoms with E-state index in [1.54, 1.807) is 49.9 Å². The summed E-state index contributed by atoms with van der Waals surface area (Å²) in [6.45, 7) is 7.94. The Kier molecular flexibility index (Phi) is 7.11. The molecule has 0 fully saturated rings. The Morgan fingerprint density at radius 1 is 1.13 bits per heavy atom. The molecule has 0 unspecified atom stereocenters. The Bertz CT molecular complexity index is 1650. The summed E-state index contributed by atoms with van der Waals surface area (Å²) in [6, 6.07) is 13.8. The van der Waals surface area contributed by atoms with Crippen LogP contribution in [0.15, 0.2) is 69.6 Å². The number of amides is 1. The van der Waals surface area contributed by atoms with Crippen molar-refractivity contribution in [3.8, 4) is 0 Å². The van der Waals surface area contributed by atoms with Gasteiger partial charge in [-0.1, -0.05) is 66.6 Å². The van der Waals surface area contributed by atoms with Crippen LogP contribution < -0.4 is 19.8 Å². The number of hydrogen-bond donors (Lipinski definition) is 0. The van der Waals surface area contributed by atoms with Gasteiger partial charge in [-0.15, -0.1) is 0 Å². The second kappa shape index (κ2) is 10.3. The monoisotopic (exact) mass is 549 g/mol. The normalized spacial score (nSPS) is 18.0. The minimum absolute atomic E-state index is 0.192. The highest BCUT2D eigenvalue weighted by molar-refractivity contribution is 7.07. The van der Waals surface area contributed by atoms with E-state index in [0.717, 1.165) is 24.1 Å². The molecular weight excluding hydrogens is 522 g/mol. The van der Waals surface area contributed by atoms with Crippen molar-refractivity contribution in [2.45, 2.75) is 52.7 Å². The van der Waals surface area contributed by atoms with Crippen molar-refractivity contribution in [1.82, 2.24) is 4.57 Å². The standard InChI is InChI=1S/C29H28ClN3O4S/c1-5-6-15-32-21-10-8-7-9-20(21)23(26(32)34)25-27(35)33-24(18-11-13-19(30)14-12-18)22(28(36)37-16(2)3)17(4)31-29(33)38-25/h7-14,16,24H,5-6,15H2,1-4H3/b25-23+/t24-/m1/s1. The predicted octanol–water partition coefficient (Wildman–Crippen LogP) is 4.36. The molecule has 196 valence electrons. The molecular formula is C29H28ClN3O4S. The number of carbonyl (C=O) groups is 2. The van der Waals surface area contributed by atoms with Crippen LogP contribution in [0.1, 0.15) is 57.7 Å². The minimum atomic E-state index is -0.771. The van der Waals surface area contributed by atoms with Crippen molar-refractivity contribution in [3.63, 3.8) is 0 Å². The molecule has 0 N–H and O–H groups in total. The highest BCUT2D eigenvalue weighted by Gasteiger charge is 2.37. The molecule has 5 rings (SSSR count). The summed E-state index contributed by atoms with van der Waals surface area (Å²) in [6.07, 6.45) is 1.45. The van der Waals surface area contributed by atoms with Gasteiger partial charge in [-0.05, 0) is 51.0 Å². The highest BCUT2D eigenvalue weighted by atomic mass is 35.5. The van der Waals surface area contributed by atoms with E-state index in [0.29, 0.717) is 37.7 Å². The van der Waals surface area contributed by atoms with Crippen LogP contribution in [0.25, 0.3) is 5.57 Å². The third-order valence-electron chi connectivity index (χ3n) is 6.63. The summed E-state index contributed by atoms with van der Waals surface area (Å²) in [4.78, 5) is 47.9. The van der Waals surface area contributed by atoms with E-state index in [-0.39, 0.29) is 23.1 Å². The van der Waals surface area contributed by atoms with Gasteiger partial charge in [0.2, 0.25) is 0 Å². The number of aromatic nitrogens is 1.